The van der Waals surface area contributed by atoms with Crippen molar-refractivity contribution < 1.29 is 5.06 Å². The maximum absolute atomic E-state index is 11.8. The Hall–Kier alpha value is -0.860. The molecular formula is C12H19NO. The lowest BCUT2D eigenvalue weighted by Gasteiger charge is -2.35. The minimum atomic E-state index is -0.234. The van der Waals surface area contributed by atoms with E-state index in [0.29, 0.717) is 11.6 Å². The van der Waals surface area contributed by atoms with Crippen LogP contribution in [0.2, 0.25) is 0 Å². The molecule has 1 aromatic rings. The van der Waals surface area contributed by atoms with Gasteiger partial charge in [-0.1, -0.05) is 24.3 Å². The predicted molar refractivity (Wildman–Crippen MR) is 59.0 cm³/mol. The fourth-order valence-corrected chi connectivity index (χ4v) is 1.25. The Labute approximate surface area is 86.1 Å². The lowest BCUT2D eigenvalue weighted by Crippen LogP contribution is -3.13. The summed E-state index contributed by atoms with van der Waals surface area (Å²) in [5, 5.41) is 12.1. The minimum absolute atomic E-state index is 0.234. The van der Waals surface area contributed by atoms with Gasteiger partial charge in [-0.05, 0) is 33.3 Å². The van der Waals surface area contributed by atoms with Crippen LogP contribution in [0.4, 0.5) is 0 Å². The number of hydrogen-bond acceptors (Lipinski definition) is 1. The SMILES string of the molecule is Cc1ccccc1C[NH+]([O-])C(C)(C)C. The second-order valence-electron chi connectivity index (χ2n) is 4.78. The molecule has 78 valence electrons. The molecule has 14 heavy (non-hydrogen) atoms. The van der Waals surface area contributed by atoms with Gasteiger partial charge in [-0.25, -0.2) is 0 Å². The number of quaternary nitrogens is 1. The van der Waals surface area contributed by atoms with Gasteiger partial charge in [-0.2, -0.15) is 0 Å². The third-order valence-corrected chi connectivity index (χ3v) is 2.45. The maximum atomic E-state index is 11.8. The molecule has 1 N–H and O–H groups in total. The van der Waals surface area contributed by atoms with Crippen molar-refractivity contribution in [2.45, 2.75) is 39.8 Å². The van der Waals surface area contributed by atoms with Crippen molar-refractivity contribution in [3.05, 3.63) is 40.6 Å². The molecule has 0 aromatic heterocycles. The zero-order valence-corrected chi connectivity index (χ0v) is 9.42. The third-order valence-electron chi connectivity index (χ3n) is 2.45. The fraction of sp³-hybridized carbons (Fsp3) is 0.500. The molecule has 0 amide bonds. The van der Waals surface area contributed by atoms with Crippen molar-refractivity contribution in [1.82, 2.24) is 0 Å². The summed E-state index contributed by atoms with van der Waals surface area (Å²) >= 11 is 0. The smallest absolute Gasteiger partial charge is 0.103 e. The van der Waals surface area contributed by atoms with Crippen molar-refractivity contribution in [2.24, 2.45) is 0 Å². The molecule has 0 bridgehead atoms. The van der Waals surface area contributed by atoms with Gasteiger partial charge in [-0.15, -0.1) is 0 Å². The van der Waals surface area contributed by atoms with Crippen LogP contribution in [0.25, 0.3) is 0 Å². The van der Waals surface area contributed by atoms with Gasteiger partial charge in [-0.3, -0.25) is 0 Å². The molecule has 0 aliphatic carbocycles. The Balaban J connectivity index is 2.75. The van der Waals surface area contributed by atoms with Crippen molar-refractivity contribution in [3.8, 4) is 0 Å². The molecule has 0 saturated heterocycles. The fourth-order valence-electron chi connectivity index (χ4n) is 1.25. The van der Waals surface area contributed by atoms with E-state index in [1.165, 1.54) is 5.56 Å². The highest BCUT2D eigenvalue weighted by atomic mass is 16.5. The average molecular weight is 193 g/mol. The average Bonchev–Trinajstić information content (AvgIpc) is 2.07. The second kappa shape index (κ2) is 4.11. The van der Waals surface area contributed by atoms with E-state index in [1.807, 2.05) is 52.0 Å². The van der Waals surface area contributed by atoms with Gasteiger partial charge in [0.1, 0.15) is 6.54 Å². The number of nitrogens with one attached hydrogen (secondary N) is 1. The van der Waals surface area contributed by atoms with Crippen molar-refractivity contribution in [3.63, 3.8) is 0 Å². The highest BCUT2D eigenvalue weighted by Gasteiger charge is 2.18. The highest BCUT2D eigenvalue weighted by Crippen LogP contribution is 2.06. The molecule has 1 aromatic carbocycles. The van der Waals surface area contributed by atoms with Crippen LogP contribution in [0.1, 0.15) is 31.9 Å². The summed E-state index contributed by atoms with van der Waals surface area (Å²) < 4.78 is 0. The topological polar surface area (TPSA) is 27.5 Å². The predicted octanol–water partition coefficient (Wildman–Crippen LogP) is 1.68. The van der Waals surface area contributed by atoms with Gasteiger partial charge in [0, 0.05) is 5.56 Å². The summed E-state index contributed by atoms with van der Waals surface area (Å²) in [5.74, 6) is 0. The van der Waals surface area contributed by atoms with Crippen molar-refractivity contribution >= 4 is 0 Å². The van der Waals surface area contributed by atoms with Crippen LogP contribution in [0.3, 0.4) is 0 Å². The first kappa shape index (κ1) is 11.2. The standard InChI is InChI=1S/C12H19NO/c1-10-7-5-6-8-11(10)9-13(14)12(2,3)4/h5-8,13H,9H2,1-4H3. The van der Waals surface area contributed by atoms with Crippen LogP contribution in [-0.2, 0) is 6.54 Å². The van der Waals surface area contributed by atoms with E-state index >= 15 is 0 Å². The molecule has 2 nitrogen and oxygen atoms in total. The number of hydrogen-bond donors (Lipinski definition) is 1. The molecule has 0 aliphatic rings. The van der Waals surface area contributed by atoms with Gasteiger partial charge < -0.3 is 10.3 Å². The summed E-state index contributed by atoms with van der Waals surface area (Å²) in [5.41, 5.74) is 2.11. The van der Waals surface area contributed by atoms with E-state index in [0.717, 1.165) is 5.56 Å². The lowest BCUT2D eigenvalue weighted by molar-refractivity contribution is -0.912. The second-order valence-corrected chi connectivity index (χ2v) is 4.78. The largest absolute Gasteiger partial charge is 0.634 e. The lowest BCUT2D eigenvalue weighted by atomic mass is 10.1. The van der Waals surface area contributed by atoms with Gasteiger partial charge in [0.05, 0.1) is 5.54 Å². The van der Waals surface area contributed by atoms with Crippen LogP contribution in [0, 0.1) is 12.1 Å². The summed E-state index contributed by atoms with van der Waals surface area (Å²) in [4.78, 5) is 0. The molecule has 2 heteroatoms. The van der Waals surface area contributed by atoms with Gasteiger partial charge >= 0.3 is 0 Å². The van der Waals surface area contributed by atoms with Gasteiger partial charge in [0.25, 0.3) is 0 Å². The highest BCUT2D eigenvalue weighted by molar-refractivity contribution is 5.24. The summed E-state index contributed by atoms with van der Waals surface area (Å²) in [6.45, 7) is 8.50. The Bertz CT molecular complexity index is 301. The normalized spacial score (nSPS) is 14.1. The van der Waals surface area contributed by atoms with Crippen molar-refractivity contribution in [2.75, 3.05) is 0 Å². The Morgan fingerprint density at radius 3 is 2.29 bits per heavy atom. The van der Waals surface area contributed by atoms with Crippen LogP contribution in [0.15, 0.2) is 24.3 Å². The van der Waals surface area contributed by atoms with E-state index < -0.39 is 0 Å². The molecular weight excluding hydrogens is 174 g/mol. The summed E-state index contributed by atoms with van der Waals surface area (Å²) in [7, 11) is 0. The monoisotopic (exact) mass is 193 g/mol. The summed E-state index contributed by atoms with van der Waals surface area (Å²) in [6.07, 6.45) is 0. The van der Waals surface area contributed by atoms with E-state index in [1.54, 1.807) is 0 Å². The molecule has 1 rings (SSSR count). The molecule has 0 heterocycles. The Morgan fingerprint density at radius 2 is 1.79 bits per heavy atom. The van der Waals surface area contributed by atoms with E-state index in [2.05, 4.69) is 0 Å². The molecule has 1 unspecified atom stereocenters. The first-order valence-electron chi connectivity index (χ1n) is 4.99. The van der Waals surface area contributed by atoms with Gasteiger partial charge in [0.15, 0.2) is 0 Å². The minimum Gasteiger partial charge on any atom is -0.634 e. The number of hydroxylamine groups is 2. The van der Waals surface area contributed by atoms with Crippen LogP contribution in [0.5, 0.6) is 0 Å². The first-order chi connectivity index (χ1) is 6.41. The number of aryl methyl sites for hydroxylation is 1. The first-order valence-corrected chi connectivity index (χ1v) is 4.99. The van der Waals surface area contributed by atoms with Crippen LogP contribution in [-0.4, -0.2) is 5.54 Å². The Morgan fingerprint density at radius 1 is 1.21 bits per heavy atom. The zero-order valence-electron chi connectivity index (χ0n) is 9.42. The van der Waals surface area contributed by atoms with E-state index in [4.69, 9.17) is 0 Å². The zero-order chi connectivity index (χ0) is 10.8. The molecule has 0 saturated carbocycles. The molecule has 1 atom stereocenters. The van der Waals surface area contributed by atoms with E-state index in [9.17, 15) is 5.21 Å². The van der Waals surface area contributed by atoms with Crippen molar-refractivity contribution in [1.29, 1.82) is 0 Å². The molecule has 0 radical (unpaired) electrons. The maximum Gasteiger partial charge on any atom is 0.103 e. The summed E-state index contributed by atoms with van der Waals surface area (Å²) in [6, 6.07) is 8.06. The quantitative estimate of drug-likeness (QED) is 0.711. The van der Waals surface area contributed by atoms with Crippen LogP contribution >= 0.6 is 0 Å². The number of benzene rings is 1. The molecule has 0 fully saturated rings. The van der Waals surface area contributed by atoms with E-state index in [-0.39, 0.29) is 5.54 Å². The Kier molecular flexibility index (Phi) is 3.29. The molecule has 0 aliphatic heterocycles. The van der Waals surface area contributed by atoms with Crippen LogP contribution < -0.4 is 5.06 Å². The van der Waals surface area contributed by atoms with Gasteiger partial charge in [0.2, 0.25) is 0 Å². The third kappa shape index (κ3) is 2.82. The number of rotatable bonds is 2. The molecule has 0 spiro atoms.